The second kappa shape index (κ2) is 11.1. The van der Waals surface area contributed by atoms with Crippen molar-refractivity contribution in [1.29, 1.82) is 0 Å². The van der Waals surface area contributed by atoms with Crippen LogP contribution in [0.4, 0.5) is 10.1 Å². The summed E-state index contributed by atoms with van der Waals surface area (Å²) in [4.78, 5) is 3.72. The minimum absolute atomic E-state index is 0.214. The number of benzene rings is 2. The van der Waals surface area contributed by atoms with Crippen molar-refractivity contribution in [2.45, 2.75) is 58.3 Å². The first-order valence-corrected chi connectivity index (χ1v) is 11.1. The van der Waals surface area contributed by atoms with Gasteiger partial charge in [0.25, 0.3) is 0 Å². The molecule has 1 aliphatic rings. The van der Waals surface area contributed by atoms with Crippen molar-refractivity contribution in [3.63, 3.8) is 0 Å². The third-order valence-corrected chi connectivity index (χ3v) is 5.91. The van der Waals surface area contributed by atoms with E-state index in [-0.39, 0.29) is 5.69 Å². The van der Waals surface area contributed by atoms with E-state index in [1.165, 1.54) is 57.4 Å². The molecule has 0 atom stereocenters. The van der Waals surface area contributed by atoms with Crippen molar-refractivity contribution in [1.82, 2.24) is 0 Å². The van der Waals surface area contributed by atoms with Crippen LogP contribution in [-0.2, 0) is 0 Å². The van der Waals surface area contributed by atoms with Crippen LogP contribution in [0.15, 0.2) is 47.5 Å². The fourth-order valence-electron chi connectivity index (χ4n) is 4.04. The highest BCUT2D eigenvalue weighted by atomic mass is 32.1. The highest BCUT2D eigenvalue weighted by molar-refractivity contribution is 7.78. The SMILES string of the molecule is CCCCCC1CCC(C#Cc2ccc(-c3ccc(N=C=S)c(F)c3)cc2)CC1. The van der Waals surface area contributed by atoms with Gasteiger partial charge < -0.3 is 0 Å². The van der Waals surface area contributed by atoms with Crippen LogP contribution in [0.5, 0.6) is 0 Å². The molecule has 0 aliphatic heterocycles. The molecule has 0 amide bonds. The van der Waals surface area contributed by atoms with Gasteiger partial charge in [0.05, 0.1) is 5.16 Å². The third-order valence-electron chi connectivity index (χ3n) is 5.82. The second-order valence-electron chi connectivity index (χ2n) is 7.93. The smallest absolute Gasteiger partial charge is 0.150 e. The molecule has 2 aromatic rings. The molecule has 1 saturated carbocycles. The molecule has 0 unspecified atom stereocenters. The largest absolute Gasteiger partial charge is 0.205 e. The van der Waals surface area contributed by atoms with E-state index < -0.39 is 5.82 Å². The lowest BCUT2D eigenvalue weighted by molar-refractivity contribution is 0.294. The fraction of sp³-hybridized carbons (Fsp3) is 0.423. The lowest BCUT2D eigenvalue weighted by atomic mass is 9.80. The molecule has 2 aromatic carbocycles. The molecule has 29 heavy (non-hydrogen) atoms. The first-order valence-electron chi connectivity index (χ1n) is 10.7. The summed E-state index contributed by atoms with van der Waals surface area (Å²) in [5, 5.41) is 2.20. The topological polar surface area (TPSA) is 12.4 Å². The van der Waals surface area contributed by atoms with Gasteiger partial charge in [0, 0.05) is 11.5 Å². The molecule has 0 bridgehead atoms. The molecule has 1 aliphatic carbocycles. The number of hydrogen-bond acceptors (Lipinski definition) is 2. The Labute approximate surface area is 179 Å². The van der Waals surface area contributed by atoms with Crippen LogP contribution in [0.3, 0.4) is 0 Å². The van der Waals surface area contributed by atoms with Crippen molar-refractivity contribution < 1.29 is 4.39 Å². The standard InChI is InChI=1S/C26H28FNS/c1-2-3-4-5-20-6-8-21(9-7-20)10-11-22-12-14-23(15-13-22)24-16-17-26(28-19-29)25(27)18-24/h12-18,20-21H,2-9H2,1H3. The molecular formula is C26H28FNS. The highest BCUT2D eigenvalue weighted by Crippen LogP contribution is 2.32. The summed E-state index contributed by atoms with van der Waals surface area (Å²) >= 11 is 4.54. The van der Waals surface area contributed by atoms with Gasteiger partial charge in [-0.05, 0) is 79.2 Å². The molecular weight excluding hydrogens is 377 g/mol. The number of hydrogen-bond donors (Lipinski definition) is 0. The van der Waals surface area contributed by atoms with Gasteiger partial charge in [-0.25, -0.2) is 4.39 Å². The maximum atomic E-state index is 14.0. The summed E-state index contributed by atoms with van der Waals surface area (Å²) in [6.07, 6.45) is 10.6. The van der Waals surface area contributed by atoms with E-state index in [9.17, 15) is 4.39 Å². The zero-order valence-electron chi connectivity index (χ0n) is 17.1. The van der Waals surface area contributed by atoms with Crippen LogP contribution in [0.25, 0.3) is 11.1 Å². The number of halogens is 1. The molecule has 150 valence electrons. The van der Waals surface area contributed by atoms with Gasteiger partial charge in [0.2, 0.25) is 0 Å². The van der Waals surface area contributed by atoms with Gasteiger partial charge in [-0.2, -0.15) is 4.99 Å². The van der Waals surface area contributed by atoms with E-state index in [0.29, 0.717) is 5.92 Å². The first kappa shape index (κ1) is 21.4. The minimum atomic E-state index is -0.394. The molecule has 0 heterocycles. The van der Waals surface area contributed by atoms with Crippen LogP contribution >= 0.6 is 12.2 Å². The highest BCUT2D eigenvalue weighted by Gasteiger charge is 2.19. The number of aliphatic imine (C=N–C) groups is 1. The molecule has 3 heteroatoms. The second-order valence-corrected chi connectivity index (χ2v) is 8.11. The van der Waals surface area contributed by atoms with Gasteiger partial charge in [-0.1, -0.05) is 62.6 Å². The quantitative estimate of drug-likeness (QED) is 0.205. The molecule has 3 rings (SSSR count). The monoisotopic (exact) mass is 405 g/mol. The molecule has 0 saturated heterocycles. The Morgan fingerprint density at radius 1 is 1.00 bits per heavy atom. The van der Waals surface area contributed by atoms with E-state index in [1.54, 1.807) is 6.07 Å². The van der Waals surface area contributed by atoms with Gasteiger partial charge in [0.1, 0.15) is 11.5 Å². The van der Waals surface area contributed by atoms with Crippen LogP contribution in [-0.4, -0.2) is 5.16 Å². The Morgan fingerprint density at radius 2 is 1.72 bits per heavy atom. The molecule has 1 nitrogen and oxygen atoms in total. The van der Waals surface area contributed by atoms with Crippen molar-refractivity contribution in [2.75, 3.05) is 0 Å². The number of isothiocyanates is 1. The fourth-order valence-corrected chi connectivity index (χ4v) is 4.13. The van der Waals surface area contributed by atoms with Crippen LogP contribution < -0.4 is 0 Å². The lowest BCUT2D eigenvalue weighted by Gasteiger charge is -2.25. The van der Waals surface area contributed by atoms with E-state index in [0.717, 1.165) is 22.6 Å². The zero-order valence-corrected chi connectivity index (χ0v) is 17.9. The van der Waals surface area contributed by atoms with Gasteiger partial charge in [0.15, 0.2) is 0 Å². The minimum Gasteiger partial charge on any atom is -0.205 e. The summed E-state index contributed by atoms with van der Waals surface area (Å²) in [6.45, 7) is 2.27. The number of thiocarbonyl (C=S) groups is 1. The van der Waals surface area contributed by atoms with Crippen LogP contribution in [0.2, 0.25) is 0 Å². The van der Waals surface area contributed by atoms with E-state index in [2.05, 4.69) is 41.1 Å². The predicted molar refractivity (Wildman–Crippen MR) is 123 cm³/mol. The summed E-state index contributed by atoms with van der Waals surface area (Å²) < 4.78 is 14.0. The van der Waals surface area contributed by atoms with Crippen LogP contribution in [0, 0.1) is 29.5 Å². The molecule has 0 spiro atoms. The average molecular weight is 406 g/mol. The Balaban J connectivity index is 1.57. The maximum absolute atomic E-state index is 14.0. The Kier molecular flexibility index (Phi) is 8.17. The van der Waals surface area contributed by atoms with Crippen molar-refractivity contribution in [2.24, 2.45) is 16.8 Å². The normalized spacial score (nSPS) is 18.4. The molecule has 0 aromatic heterocycles. The average Bonchev–Trinajstić information content (AvgIpc) is 2.75. The van der Waals surface area contributed by atoms with Crippen molar-refractivity contribution in [3.05, 3.63) is 53.8 Å². The summed E-state index contributed by atoms with van der Waals surface area (Å²) in [5.41, 5.74) is 3.00. The molecule has 0 radical (unpaired) electrons. The summed E-state index contributed by atoms with van der Waals surface area (Å²) in [6, 6.07) is 13.0. The van der Waals surface area contributed by atoms with Crippen molar-refractivity contribution >= 4 is 23.1 Å². The zero-order chi connectivity index (χ0) is 20.5. The van der Waals surface area contributed by atoms with Gasteiger partial charge >= 0.3 is 0 Å². The summed E-state index contributed by atoms with van der Waals surface area (Å²) in [5.74, 6) is 7.87. The Morgan fingerprint density at radius 3 is 2.38 bits per heavy atom. The maximum Gasteiger partial charge on any atom is 0.150 e. The lowest BCUT2D eigenvalue weighted by Crippen LogP contribution is -2.13. The van der Waals surface area contributed by atoms with Crippen molar-refractivity contribution in [3.8, 4) is 23.0 Å². The van der Waals surface area contributed by atoms with E-state index in [1.807, 2.05) is 30.3 Å². The Bertz CT molecular complexity index is 908. The number of nitrogens with zero attached hydrogens (tertiary/aromatic N) is 1. The third kappa shape index (κ3) is 6.36. The molecule has 0 N–H and O–H groups in total. The number of unbranched alkanes of at least 4 members (excludes halogenated alkanes) is 2. The Hall–Kier alpha value is -2.27. The number of rotatable bonds is 6. The predicted octanol–water partition coefficient (Wildman–Crippen LogP) is 7.97. The molecule has 1 fully saturated rings. The van der Waals surface area contributed by atoms with Gasteiger partial charge in [-0.15, -0.1) is 0 Å². The van der Waals surface area contributed by atoms with Gasteiger partial charge in [-0.3, -0.25) is 0 Å². The van der Waals surface area contributed by atoms with Crippen LogP contribution in [0.1, 0.15) is 63.9 Å². The summed E-state index contributed by atoms with van der Waals surface area (Å²) in [7, 11) is 0. The van der Waals surface area contributed by atoms with E-state index in [4.69, 9.17) is 0 Å². The first-order chi connectivity index (χ1) is 14.2. The van der Waals surface area contributed by atoms with E-state index >= 15 is 0 Å².